The van der Waals surface area contributed by atoms with Gasteiger partial charge < -0.3 is 9.64 Å². The van der Waals surface area contributed by atoms with E-state index >= 15 is 0 Å². The molecule has 128 valence electrons. The highest BCUT2D eigenvalue weighted by molar-refractivity contribution is 6.35. The Kier molecular flexibility index (Phi) is 6.02. The van der Waals surface area contributed by atoms with E-state index in [2.05, 4.69) is 0 Å². The first-order valence-electron chi connectivity index (χ1n) is 7.08. The molecule has 0 aromatic heterocycles. The summed E-state index contributed by atoms with van der Waals surface area (Å²) < 4.78 is 32.1. The van der Waals surface area contributed by atoms with Crippen molar-refractivity contribution >= 4 is 29.1 Å². The second-order valence-electron chi connectivity index (χ2n) is 5.26. The number of carbonyl (C=O) groups excluding carboxylic acids is 1. The van der Waals surface area contributed by atoms with E-state index in [9.17, 15) is 13.6 Å². The van der Waals surface area contributed by atoms with Crippen LogP contribution in [0.3, 0.4) is 0 Å². The lowest BCUT2D eigenvalue weighted by molar-refractivity contribution is -0.137. The number of nitrogens with zero attached hydrogens (tertiary/aromatic N) is 1. The maximum atomic E-state index is 13.7. The SMILES string of the molecule is CC(Oc1ccc(Cl)cc1Cl)C(=O)N(C)Cc1ccc(F)cc1F. The normalized spacial score (nSPS) is 11.9. The van der Waals surface area contributed by atoms with Crippen LogP contribution in [0.4, 0.5) is 8.78 Å². The van der Waals surface area contributed by atoms with Gasteiger partial charge in [-0.25, -0.2) is 8.78 Å². The molecule has 0 saturated carbocycles. The topological polar surface area (TPSA) is 29.5 Å². The van der Waals surface area contributed by atoms with Gasteiger partial charge in [0, 0.05) is 30.2 Å². The summed E-state index contributed by atoms with van der Waals surface area (Å²) in [5.74, 6) is -1.42. The minimum Gasteiger partial charge on any atom is -0.479 e. The van der Waals surface area contributed by atoms with Gasteiger partial charge in [-0.3, -0.25) is 4.79 Å². The number of hydrogen-bond acceptors (Lipinski definition) is 2. The lowest BCUT2D eigenvalue weighted by Crippen LogP contribution is -2.37. The highest BCUT2D eigenvalue weighted by atomic mass is 35.5. The van der Waals surface area contributed by atoms with Crippen molar-refractivity contribution in [3.63, 3.8) is 0 Å². The number of amides is 1. The maximum Gasteiger partial charge on any atom is 0.263 e. The first-order chi connectivity index (χ1) is 11.3. The fourth-order valence-corrected chi connectivity index (χ4v) is 2.56. The van der Waals surface area contributed by atoms with E-state index in [0.717, 1.165) is 12.1 Å². The molecule has 0 bridgehead atoms. The molecule has 0 aliphatic rings. The third kappa shape index (κ3) is 4.58. The Labute approximate surface area is 148 Å². The highest BCUT2D eigenvalue weighted by Gasteiger charge is 2.21. The average molecular weight is 374 g/mol. The van der Waals surface area contributed by atoms with Crippen molar-refractivity contribution in [2.45, 2.75) is 19.6 Å². The molecular weight excluding hydrogens is 359 g/mol. The van der Waals surface area contributed by atoms with Crippen molar-refractivity contribution in [2.24, 2.45) is 0 Å². The van der Waals surface area contributed by atoms with E-state index in [4.69, 9.17) is 27.9 Å². The average Bonchev–Trinajstić information content (AvgIpc) is 2.51. The summed E-state index contributed by atoms with van der Waals surface area (Å²) >= 11 is 11.8. The maximum absolute atomic E-state index is 13.7. The van der Waals surface area contributed by atoms with Crippen LogP contribution in [-0.4, -0.2) is 24.0 Å². The van der Waals surface area contributed by atoms with Crippen LogP contribution < -0.4 is 4.74 Å². The molecule has 0 radical (unpaired) electrons. The zero-order valence-corrected chi connectivity index (χ0v) is 14.5. The summed E-state index contributed by atoms with van der Waals surface area (Å²) in [7, 11) is 1.51. The molecule has 0 N–H and O–H groups in total. The Morgan fingerprint density at radius 1 is 1.21 bits per heavy atom. The predicted molar refractivity (Wildman–Crippen MR) is 89.4 cm³/mol. The van der Waals surface area contributed by atoms with Crippen molar-refractivity contribution in [1.29, 1.82) is 0 Å². The Morgan fingerprint density at radius 2 is 1.92 bits per heavy atom. The van der Waals surface area contributed by atoms with Crippen LogP contribution >= 0.6 is 23.2 Å². The molecule has 2 rings (SSSR count). The number of likely N-dealkylation sites (N-methyl/N-ethyl adjacent to an activating group) is 1. The van der Waals surface area contributed by atoms with Gasteiger partial charge in [0.2, 0.25) is 0 Å². The lowest BCUT2D eigenvalue weighted by Gasteiger charge is -2.23. The molecule has 3 nitrogen and oxygen atoms in total. The number of carbonyl (C=O) groups is 1. The van der Waals surface area contributed by atoms with Gasteiger partial charge in [-0.05, 0) is 31.2 Å². The fraction of sp³-hybridized carbons (Fsp3) is 0.235. The molecule has 0 spiro atoms. The molecule has 0 aliphatic carbocycles. The van der Waals surface area contributed by atoms with Gasteiger partial charge in [0.1, 0.15) is 17.4 Å². The van der Waals surface area contributed by atoms with Crippen molar-refractivity contribution in [3.8, 4) is 5.75 Å². The van der Waals surface area contributed by atoms with E-state index in [0.29, 0.717) is 10.8 Å². The van der Waals surface area contributed by atoms with Crippen LogP contribution in [0.25, 0.3) is 0 Å². The zero-order valence-electron chi connectivity index (χ0n) is 13.0. The quantitative estimate of drug-likeness (QED) is 0.760. The summed E-state index contributed by atoms with van der Waals surface area (Å²) in [6, 6.07) is 7.89. The largest absolute Gasteiger partial charge is 0.479 e. The molecule has 0 aliphatic heterocycles. The minimum absolute atomic E-state index is 0.00695. The Balaban J connectivity index is 2.03. The van der Waals surface area contributed by atoms with Crippen LogP contribution in [-0.2, 0) is 11.3 Å². The summed E-state index contributed by atoms with van der Waals surface area (Å²) in [6.45, 7) is 1.55. The summed E-state index contributed by atoms with van der Waals surface area (Å²) in [6.07, 6.45) is -0.836. The van der Waals surface area contributed by atoms with Crippen LogP contribution in [0.5, 0.6) is 5.75 Å². The highest BCUT2D eigenvalue weighted by Crippen LogP contribution is 2.28. The zero-order chi connectivity index (χ0) is 17.9. The molecule has 0 saturated heterocycles. The molecule has 2 aromatic carbocycles. The number of ether oxygens (including phenoxy) is 1. The van der Waals surface area contributed by atoms with E-state index < -0.39 is 17.7 Å². The smallest absolute Gasteiger partial charge is 0.263 e. The van der Waals surface area contributed by atoms with Gasteiger partial charge in [0.05, 0.1) is 5.02 Å². The van der Waals surface area contributed by atoms with Crippen molar-refractivity contribution in [3.05, 3.63) is 63.6 Å². The van der Waals surface area contributed by atoms with Crippen molar-refractivity contribution in [2.75, 3.05) is 7.05 Å². The molecule has 0 heterocycles. The second kappa shape index (κ2) is 7.81. The van der Waals surface area contributed by atoms with Gasteiger partial charge in [-0.15, -0.1) is 0 Å². The Hall–Kier alpha value is -1.85. The van der Waals surface area contributed by atoms with Gasteiger partial charge in [-0.2, -0.15) is 0 Å². The van der Waals surface area contributed by atoms with Gasteiger partial charge in [-0.1, -0.05) is 29.3 Å². The number of benzene rings is 2. The molecular formula is C17H15Cl2F2NO2. The molecule has 7 heteroatoms. The van der Waals surface area contributed by atoms with Crippen LogP contribution in [0, 0.1) is 11.6 Å². The number of halogens is 4. The number of rotatable bonds is 5. The first-order valence-corrected chi connectivity index (χ1v) is 7.84. The first kappa shape index (κ1) is 18.5. The molecule has 1 amide bonds. The molecule has 0 fully saturated rings. The molecule has 2 aromatic rings. The number of hydrogen-bond donors (Lipinski definition) is 0. The predicted octanol–water partition coefficient (Wildman–Crippen LogP) is 4.70. The fourth-order valence-electron chi connectivity index (χ4n) is 2.11. The van der Waals surface area contributed by atoms with Gasteiger partial charge in [0.25, 0.3) is 5.91 Å². The molecule has 1 unspecified atom stereocenters. The standard InChI is InChI=1S/C17H15Cl2F2NO2/c1-10(24-16-6-4-12(18)7-14(16)19)17(23)22(2)9-11-3-5-13(20)8-15(11)21/h3-8,10H,9H2,1-2H3. The van der Waals surface area contributed by atoms with Crippen molar-refractivity contribution in [1.82, 2.24) is 4.90 Å². The van der Waals surface area contributed by atoms with E-state index in [1.165, 1.54) is 24.1 Å². The molecule has 1 atom stereocenters. The summed E-state index contributed by atoms with van der Waals surface area (Å²) in [5.41, 5.74) is 0.212. The van der Waals surface area contributed by atoms with Gasteiger partial charge in [0.15, 0.2) is 6.10 Å². The van der Waals surface area contributed by atoms with Gasteiger partial charge >= 0.3 is 0 Å². The lowest BCUT2D eigenvalue weighted by atomic mass is 10.2. The third-order valence-corrected chi connectivity index (χ3v) is 3.87. The van der Waals surface area contributed by atoms with Crippen LogP contribution in [0.15, 0.2) is 36.4 Å². The van der Waals surface area contributed by atoms with E-state index in [1.54, 1.807) is 19.1 Å². The second-order valence-corrected chi connectivity index (χ2v) is 6.11. The molecule has 24 heavy (non-hydrogen) atoms. The van der Waals surface area contributed by atoms with E-state index in [1.807, 2.05) is 0 Å². The van der Waals surface area contributed by atoms with Crippen LogP contribution in [0.2, 0.25) is 10.0 Å². The summed E-state index contributed by atoms with van der Waals surface area (Å²) in [4.78, 5) is 13.6. The third-order valence-electron chi connectivity index (χ3n) is 3.34. The van der Waals surface area contributed by atoms with E-state index in [-0.39, 0.29) is 23.0 Å². The Bertz CT molecular complexity index is 694. The minimum atomic E-state index is -0.836. The Morgan fingerprint density at radius 3 is 2.54 bits per heavy atom. The monoisotopic (exact) mass is 373 g/mol. The van der Waals surface area contributed by atoms with Crippen LogP contribution in [0.1, 0.15) is 12.5 Å². The summed E-state index contributed by atoms with van der Waals surface area (Å²) in [5, 5.41) is 0.740. The van der Waals surface area contributed by atoms with Crippen molar-refractivity contribution < 1.29 is 18.3 Å².